The van der Waals surface area contributed by atoms with Gasteiger partial charge in [-0.2, -0.15) is 0 Å². The van der Waals surface area contributed by atoms with E-state index in [1.54, 1.807) is 12.1 Å². The van der Waals surface area contributed by atoms with Gasteiger partial charge in [0.05, 0.1) is 0 Å². The van der Waals surface area contributed by atoms with E-state index in [1.807, 2.05) is 6.07 Å². The van der Waals surface area contributed by atoms with E-state index in [2.05, 4.69) is 16.7 Å². The van der Waals surface area contributed by atoms with Gasteiger partial charge in [-0.1, -0.05) is 38.7 Å². The minimum atomic E-state index is -0.0858. The summed E-state index contributed by atoms with van der Waals surface area (Å²) >= 11 is 0. The minimum absolute atomic E-state index is 0. The molecule has 0 spiro atoms. The molecule has 2 heterocycles. The number of unbranched alkanes of at least 4 members (excludes halogenated alkanes) is 4. The number of benzene rings is 1. The number of halogens is 3. The highest BCUT2D eigenvalue weighted by molar-refractivity contribution is 5.85. The molecule has 1 fully saturated rings. The third-order valence-corrected chi connectivity index (χ3v) is 5.29. The van der Waals surface area contributed by atoms with Gasteiger partial charge in [0.2, 0.25) is 0 Å². The fourth-order valence-corrected chi connectivity index (χ4v) is 3.95. The Morgan fingerprint density at radius 1 is 1.04 bits per heavy atom. The second-order valence-corrected chi connectivity index (χ2v) is 6.86. The minimum Gasteiger partial charge on any atom is -0.300 e. The first-order chi connectivity index (χ1) is 10.8. The molecule has 2 aliphatic rings. The lowest BCUT2D eigenvalue weighted by molar-refractivity contribution is 0.0661. The van der Waals surface area contributed by atoms with Crippen molar-refractivity contribution in [1.82, 2.24) is 9.80 Å². The summed E-state index contributed by atoms with van der Waals surface area (Å²) in [5.74, 6) is -0.0858. The van der Waals surface area contributed by atoms with E-state index in [1.165, 1.54) is 56.3 Å². The van der Waals surface area contributed by atoms with Crippen LogP contribution in [-0.4, -0.2) is 42.5 Å². The molecule has 0 radical (unpaired) electrons. The van der Waals surface area contributed by atoms with Crippen LogP contribution in [0.15, 0.2) is 18.2 Å². The Labute approximate surface area is 158 Å². The van der Waals surface area contributed by atoms with Crippen molar-refractivity contribution < 1.29 is 4.39 Å². The molecule has 0 aromatic heterocycles. The normalized spacial score (nSPS) is 20.5. The molecule has 1 atom stereocenters. The number of hydrogen-bond acceptors (Lipinski definition) is 2. The molecule has 0 bridgehead atoms. The molecule has 0 saturated carbocycles. The number of hydrogen-bond donors (Lipinski definition) is 0. The van der Waals surface area contributed by atoms with Crippen molar-refractivity contribution in [1.29, 1.82) is 0 Å². The molecule has 24 heavy (non-hydrogen) atoms. The molecule has 138 valence electrons. The Bertz CT molecular complexity index is 498. The van der Waals surface area contributed by atoms with E-state index in [9.17, 15) is 4.39 Å². The second kappa shape index (κ2) is 10.6. The molecule has 0 amide bonds. The summed E-state index contributed by atoms with van der Waals surface area (Å²) in [5, 5.41) is 0. The number of fused-ring (bicyclic) bond motifs is 3. The largest absolute Gasteiger partial charge is 0.300 e. The summed E-state index contributed by atoms with van der Waals surface area (Å²) in [6, 6.07) is 5.79. The van der Waals surface area contributed by atoms with Gasteiger partial charge in [-0.05, 0) is 42.6 Å². The molecule has 0 aliphatic carbocycles. The van der Waals surface area contributed by atoms with E-state index in [0.29, 0.717) is 6.04 Å². The highest BCUT2D eigenvalue weighted by Gasteiger charge is 2.32. The van der Waals surface area contributed by atoms with Crippen LogP contribution in [0, 0.1) is 5.82 Å². The van der Waals surface area contributed by atoms with Gasteiger partial charge in [-0.15, -0.1) is 24.8 Å². The topological polar surface area (TPSA) is 6.48 Å². The van der Waals surface area contributed by atoms with Crippen LogP contribution >= 0.6 is 24.8 Å². The van der Waals surface area contributed by atoms with Gasteiger partial charge < -0.3 is 4.90 Å². The standard InChI is InChI=1S/C19H29FN2.2ClH/c1-2-3-4-5-6-10-21-12-13-22-11-9-16-7-8-17(20)14-18(16)19(22)15-21;;/h7-8,14,19H,2-6,9-13,15H2,1H3;2*1H. The number of nitrogens with zero attached hydrogens (tertiary/aromatic N) is 2. The average Bonchev–Trinajstić information content (AvgIpc) is 2.54. The molecule has 1 aromatic rings. The Kier molecular flexibility index (Phi) is 9.58. The van der Waals surface area contributed by atoms with Gasteiger partial charge in [0.15, 0.2) is 0 Å². The predicted octanol–water partition coefficient (Wildman–Crippen LogP) is 4.85. The van der Waals surface area contributed by atoms with E-state index in [0.717, 1.165) is 26.1 Å². The molecular formula is C19H31Cl2FN2. The number of piperazine rings is 1. The SMILES string of the molecule is CCCCCCCN1CCN2CCc3ccc(F)cc3C2C1.Cl.Cl. The van der Waals surface area contributed by atoms with Gasteiger partial charge in [0.1, 0.15) is 5.82 Å². The molecule has 2 nitrogen and oxygen atoms in total. The quantitative estimate of drug-likeness (QED) is 0.654. The molecule has 3 rings (SSSR count). The highest BCUT2D eigenvalue weighted by atomic mass is 35.5. The van der Waals surface area contributed by atoms with Crippen molar-refractivity contribution in [2.24, 2.45) is 0 Å². The van der Waals surface area contributed by atoms with Crippen LogP contribution in [0.2, 0.25) is 0 Å². The molecule has 0 N–H and O–H groups in total. The fraction of sp³-hybridized carbons (Fsp3) is 0.684. The van der Waals surface area contributed by atoms with Crippen LogP contribution in [0.1, 0.15) is 56.2 Å². The molecule has 2 aliphatic heterocycles. The van der Waals surface area contributed by atoms with Crippen LogP contribution in [0.5, 0.6) is 0 Å². The maximum atomic E-state index is 13.6. The van der Waals surface area contributed by atoms with Crippen LogP contribution in [0.25, 0.3) is 0 Å². The lowest BCUT2D eigenvalue weighted by Crippen LogP contribution is -2.51. The Balaban J connectivity index is 0.00000144. The Morgan fingerprint density at radius 2 is 1.83 bits per heavy atom. The van der Waals surface area contributed by atoms with Crippen LogP contribution in [0.4, 0.5) is 4.39 Å². The van der Waals surface area contributed by atoms with Crippen molar-refractivity contribution in [3.8, 4) is 0 Å². The highest BCUT2D eigenvalue weighted by Crippen LogP contribution is 2.33. The third-order valence-electron chi connectivity index (χ3n) is 5.29. The van der Waals surface area contributed by atoms with E-state index in [-0.39, 0.29) is 30.6 Å². The van der Waals surface area contributed by atoms with Crippen molar-refractivity contribution in [3.05, 3.63) is 35.1 Å². The molecule has 1 saturated heterocycles. The summed E-state index contributed by atoms with van der Waals surface area (Å²) < 4.78 is 13.6. The maximum absolute atomic E-state index is 13.6. The smallest absolute Gasteiger partial charge is 0.123 e. The monoisotopic (exact) mass is 376 g/mol. The van der Waals surface area contributed by atoms with Crippen molar-refractivity contribution >= 4 is 24.8 Å². The predicted molar refractivity (Wildman–Crippen MR) is 104 cm³/mol. The van der Waals surface area contributed by atoms with Gasteiger partial charge in [-0.3, -0.25) is 4.90 Å². The summed E-state index contributed by atoms with van der Waals surface area (Å²) in [4.78, 5) is 5.14. The maximum Gasteiger partial charge on any atom is 0.123 e. The van der Waals surface area contributed by atoms with Crippen molar-refractivity contribution in [3.63, 3.8) is 0 Å². The summed E-state index contributed by atoms with van der Waals surface area (Å²) in [5.41, 5.74) is 2.59. The van der Waals surface area contributed by atoms with Crippen molar-refractivity contribution in [2.75, 3.05) is 32.7 Å². The number of rotatable bonds is 6. The van der Waals surface area contributed by atoms with Crippen molar-refractivity contribution in [2.45, 2.75) is 51.5 Å². The van der Waals surface area contributed by atoms with Gasteiger partial charge in [0.25, 0.3) is 0 Å². The average molecular weight is 377 g/mol. The van der Waals surface area contributed by atoms with E-state index >= 15 is 0 Å². The van der Waals surface area contributed by atoms with Gasteiger partial charge >= 0.3 is 0 Å². The van der Waals surface area contributed by atoms with E-state index < -0.39 is 0 Å². The van der Waals surface area contributed by atoms with Crippen LogP contribution < -0.4 is 0 Å². The zero-order valence-corrected chi connectivity index (χ0v) is 16.3. The summed E-state index contributed by atoms with van der Waals surface area (Å²) in [6.07, 6.45) is 7.77. The third kappa shape index (κ3) is 5.32. The van der Waals surface area contributed by atoms with Gasteiger partial charge in [0, 0.05) is 32.2 Å². The van der Waals surface area contributed by atoms with E-state index in [4.69, 9.17) is 0 Å². The zero-order chi connectivity index (χ0) is 15.4. The summed E-state index contributed by atoms with van der Waals surface area (Å²) in [7, 11) is 0. The van der Waals surface area contributed by atoms with Crippen LogP contribution in [-0.2, 0) is 6.42 Å². The lowest BCUT2D eigenvalue weighted by atomic mass is 9.90. The Morgan fingerprint density at radius 3 is 2.62 bits per heavy atom. The molecule has 1 aromatic carbocycles. The second-order valence-electron chi connectivity index (χ2n) is 6.86. The summed E-state index contributed by atoms with van der Waals surface area (Å²) in [6.45, 7) is 7.99. The Hall–Kier alpha value is -0.350. The first kappa shape index (κ1) is 21.7. The first-order valence-corrected chi connectivity index (χ1v) is 9.02. The molecule has 1 unspecified atom stereocenters. The van der Waals surface area contributed by atoms with Crippen LogP contribution in [0.3, 0.4) is 0 Å². The molecule has 5 heteroatoms. The zero-order valence-electron chi connectivity index (χ0n) is 14.7. The fourth-order valence-electron chi connectivity index (χ4n) is 3.95. The molecular weight excluding hydrogens is 346 g/mol. The lowest BCUT2D eigenvalue weighted by Gasteiger charge is -2.45. The van der Waals surface area contributed by atoms with Gasteiger partial charge in [-0.25, -0.2) is 4.39 Å². The first-order valence-electron chi connectivity index (χ1n) is 9.02.